The van der Waals surface area contributed by atoms with Gasteiger partial charge in [-0.05, 0) is 146 Å². The first-order valence-corrected chi connectivity index (χ1v) is 18.5. The van der Waals surface area contributed by atoms with Crippen LogP contribution in [0.3, 0.4) is 0 Å². The molecule has 0 amide bonds. The van der Waals surface area contributed by atoms with Crippen molar-refractivity contribution < 1.29 is 79.2 Å². The molecular weight excluding hydrogens is 736 g/mol. The molecule has 0 heterocycles. The van der Waals surface area contributed by atoms with Crippen molar-refractivity contribution in [2.24, 2.45) is 34.5 Å². The SMILES string of the molecule is O=C(O)c1cc(C(=O)O)c(C(=O)O)c(C23CC4CC(C2)CC(C25CC6CC(CC(c7c(C(=O)O)c(C(=O)O)cc(C(=O)O)c7C(=O)O)(C6)C2)C5)(C4)C3)c1C(=O)O. The van der Waals surface area contributed by atoms with Gasteiger partial charge in [0.2, 0.25) is 0 Å². The highest BCUT2D eigenvalue weighted by molar-refractivity contribution is 6.12. The Labute approximate surface area is 316 Å². The number of benzene rings is 2. The lowest BCUT2D eigenvalue weighted by molar-refractivity contribution is -0.212. The maximum absolute atomic E-state index is 13.0. The minimum Gasteiger partial charge on any atom is -0.478 e. The molecule has 8 aliphatic rings. The van der Waals surface area contributed by atoms with Gasteiger partial charge in [0, 0.05) is 0 Å². The summed E-state index contributed by atoms with van der Waals surface area (Å²) in [7, 11) is 0. The van der Waals surface area contributed by atoms with E-state index in [0.717, 1.165) is 0 Å². The fraction of sp³-hybridized carbons (Fsp3) is 0.500. The molecule has 56 heavy (non-hydrogen) atoms. The minimum atomic E-state index is -1.74. The van der Waals surface area contributed by atoms with Gasteiger partial charge in [0.1, 0.15) is 0 Å². The molecule has 4 atom stereocenters. The van der Waals surface area contributed by atoms with Gasteiger partial charge >= 0.3 is 47.8 Å². The van der Waals surface area contributed by atoms with Gasteiger partial charge in [0.05, 0.1) is 44.5 Å². The van der Waals surface area contributed by atoms with Gasteiger partial charge in [-0.3, -0.25) is 0 Å². The van der Waals surface area contributed by atoms with Crippen LogP contribution < -0.4 is 0 Å². The highest BCUT2D eigenvalue weighted by atomic mass is 16.4. The van der Waals surface area contributed by atoms with Crippen LogP contribution in [0.15, 0.2) is 12.1 Å². The zero-order chi connectivity index (χ0) is 40.6. The van der Waals surface area contributed by atoms with Crippen molar-refractivity contribution in [1.29, 1.82) is 0 Å². The Bertz CT molecular complexity index is 1980. The first kappa shape index (κ1) is 37.1. The standard InChI is InChI=1S/C40H38O16/c41-29(42)19-3-20(30(43)44)24(34(51)52)27(23(19)33(49)50)37-5-15-1-16(6-37)10-39(9-15,13-37)40-11-17-2-18(12-40)8-38(7-17,14-40)28-25(35(53)54)21(31(45)46)4-22(32(47)48)26(28)36(55)56/h3-4,15-18H,1-2,5-14H2,(H,41,42)(H,43,44)(H,45,46)(H,47,48)(H,49,50)(H,51,52)(H,53,54)(H,55,56). The third kappa shape index (κ3) is 4.96. The molecule has 16 heteroatoms. The lowest BCUT2D eigenvalue weighted by atomic mass is 9.30. The summed E-state index contributed by atoms with van der Waals surface area (Å²) < 4.78 is 0. The molecule has 16 nitrogen and oxygen atoms in total. The van der Waals surface area contributed by atoms with Crippen LogP contribution in [0.25, 0.3) is 0 Å². The first-order valence-electron chi connectivity index (χ1n) is 18.5. The average Bonchev–Trinajstić information content (AvgIpc) is 3.08. The topological polar surface area (TPSA) is 298 Å². The number of carboxylic acid groups (broad SMARTS) is 8. The number of carboxylic acids is 8. The molecule has 0 radical (unpaired) electrons. The predicted molar refractivity (Wildman–Crippen MR) is 186 cm³/mol. The van der Waals surface area contributed by atoms with E-state index in [-0.39, 0.29) is 73.3 Å². The van der Waals surface area contributed by atoms with Gasteiger partial charge in [-0.1, -0.05) is 0 Å². The summed E-state index contributed by atoms with van der Waals surface area (Å²) in [4.78, 5) is 102. The summed E-state index contributed by atoms with van der Waals surface area (Å²) in [5, 5.41) is 82.9. The monoisotopic (exact) mass is 774 g/mol. The smallest absolute Gasteiger partial charge is 0.336 e. The van der Waals surface area contributed by atoms with Crippen molar-refractivity contribution in [2.45, 2.75) is 87.9 Å². The van der Waals surface area contributed by atoms with Crippen LogP contribution in [0.5, 0.6) is 0 Å². The third-order valence-corrected chi connectivity index (χ3v) is 14.7. The molecule has 8 fully saturated rings. The van der Waals surface area contributed by atoms with Crippen LogP contribution in [0.1, 0.15) is 171 Å². The summed E-state index contributed by atoms with van der Waals surface area (Å²) in [5.74, 6) is -14.3. The molecule has 2 aromatic carbocycles. The van der Waals surface area contributed by atoms with Gasteiger partial charge in [-0.15, -0.1) is 0 Å². The fourth-order valence-electron chi connectivity index (χ4n) is 14.3. The molecule has 0 aromatic heterocycles. The van der Waals surface area contributed by atoms with Crippen molar-refractivity contribution in [3.8, 4) is 0 Å². The molecule has 10 rings (SSSR count). The molecule has 4 unspecified atom stereocenters. The molecule has 0 saturated heterocycles. The Morgan fingerprint density at radius 2 is 0.607 bits per heavy atom. The minimum absolute atomic E-state index is 0.108. The summed E-state index contributed by atoms with van der Waals surface area (Å²) in [6.45, 7) is 0. The maximum atomic E-state index is 13.0. The fourth-order valence-corrected chi connectivity index (χ4v) is 14.3. The van der Waals surface area contributed by atoms with E-state index in [1.165, 1.54) is 0 Å². The second-order valence-corrected chi connectivity index (χ2v) is 17.7. The normalized spacial score (nSPS) is 33.2. The van der Waals surface area contributed by atoms with Crippen molar-refractivity contribution in [1.82, 2.24) is 0 Å². The molecule has 8 bridgehead atoms. The van der Waals surface area contributed by atoms with E-state index in [1.807, 2.05) is 0 Å². The van der Waals surface area contributed by atoms with Crippen LogP contribution in [-0.2, 0) is 10.8 Å². The molecular formula is C40H38O16. The number of hydrogen-bond donors (Lipinski definition) is 8. The van der Waals surface area contributed by atoms with Gasteiger partial charge < -0.3 is 40.9 Å². The van der Waals surface area contributed by atoms with Crippen molar-refractivity contribution in [3.63, 3.8) is 0 Å². The lowest BCUT2D eigenvalue weighted by Gasteiger charge is -2.74. The van der Waals surface area contributed by atoms with E-state index in [9.17, 15) is 79.2 Å². The largest absolute Gasteiger partial charge is 0.478 e. The Balaban J connectivity index is 1.38. The molecule has 294 valence electrons. The summed E-state index contributed by atoms with van der Waals surface area (Å²) in [6, 6.07) is 1.16. The Morgan fingerprint density at radius 3 is 0.804 bits per heavy atom. The van der Waals surface area contributed by atoms with Crippen LogP contribution in [0.2, 0.25) is 0 Å². The van der Waals surface area contributed by atoms with E-state index in [4.69, 9.17) is 0 Å². The van der Waals surface area contributed by atoms with Gasteiger partial charge in [0.15, 0.2) is 0 Å². The Kier molecular flexibility index (Phi) is 7.86. The van der Waals surface area contributed by atoms with E-state index in [1.54, 1.807) is 0 Å². The van der Waals surface area contributed by atoms with Crippen molar-refractivity contribution in [2.75, 3.05) is 0 Å². The number of carbonyl (C=O) groups is 8. The number of rotatable bonds is 11. The zero-order valence-electron chi connectivity index (χ0n) is 29.8. The van der Waals surface area contributed by atoms with Gasteiger partial charge in [0.25, 0.3) is 0 Å². The van der Waals surface area contributed by atoms with E-state index in [2.05, 4.69) is 0 Å². The second-order valence-electron chi connectivity index (χ2n) is 17.7. The highest BCUT2D eigenvalue weighted by Gasteiger charge is 2.71. The quantitative estimate of drug-likeness (QED) is 0.137. The van der Waals surface area contributed by atoms with Gasteiger partial charge in [-0.2, -0.15) is 0 Å². The molecule has 0 spiro atoms. The average molecular weight is 775 g/mol. The van der Waals surface area contributed by atoms with Crippen LogP contribution in [0, 0.1) is 34.5 Å². The number of aromatic carboxylic acids is 8. The summed E-state index contributed by atoms with van der Waals surface area (Å²) >= 11 is 0. The number of hydrogen-bond acceptors (Lipinski definition) is 8. The second kappa shape index (κ2) is 11.9. The Hall–Kier alpha value is -5.80. The Morgan fingerprint density at radius 1 is 0.375 bits per heavy atom. The lowest BCUT2D eigenvalue weighted by Crippen LogP contribution is -2.66. The first-order chi connectivity index (χ1) is 26.2. The zero-order valence-corrected chi connectivity index (χ0v) is 29.8. The van der Waals surface area contributed by atoms with Crippen molar-refractivity contribution >= 4 is 47.8 Å². The van der Waals surface area contributed by atoms with E-state index >= 15 is 0 Å². The van der Waals surface area contributed by atoms with Crippen LogP contribution >= 0.6 is 0 Å². The predicted octanol–water partition coefficient (Wildman–Crippen LogP) is 5.65. The van der Waals surface area contributed by atoms with E-state index < -0.39 is 114 Å². The van der Waals surface area contributed by atoms with Crippen molar-refractivity contribution in [3.05, 3.63) is 67.8 Å². The molecule has 8 saturated carbocycles. The molecule has 8 aliphatic carbocycles. The van der Waals surface area contributed by atoms with Crippen LogP contribution in [0.4, 0.5) is 0 Å². The van der Waals surface area contributed by atoms with Gasteiger partial charge in [-0.25, -0.2) is 38.4 Å². The molecule has 0 aliphatic heterocycles. The van der Waals surface area contributed by atoms with Crippen LogP contribution in [-0.4, -0.2) is 88.6 Å². The maximum Gasteiger partial charge on any atom is 0.336 e. The van der Waals surface area contributed by atoms with E-state index in [0.29, 0.717) is 50.7 Å². The molecule has 8 N–H and O–H groups in total. The molecule has 2 aromatic rings. The summed E-state index contributed by atoms with van der Waals surface area (Å²) in [6.07, 6.45) is 5.25. The third-order valence-electron chi connectivity index (χ3n) is 14.7. The summed E-state index contributed by atoms with van der Waals surface area (Å²) in [5.41, 5.74) is -11.1. The highest BCUT2D eigenvalue weighted by Crippen LogP contribution is 2.79.